The van der Waals surface area contributed by atoms with Gasteiger partial charge in [0.05, 0.1) is 13.0 Å². The van der Waals surface area contributed by atoms with Crippen LogP contribution in [0.3, 0.4) is 0 Å². The van der Waals surface area contributed by atoms with Crippen LogP contribution in [0, 0.1) is 11.8 Å². The molecule has 0 spiro atoms. The Morgan fingerprint density at radius 3 is 2.76 bits per heavy atom. The van der Waals surface area contributed by atoms with E-state index in [9.17, 15) is 9.59 Å². The van der Waals surface area contributed by atoms with Gasteiger partial charge >= 0.3 is 11.9 Å². The van der Waals surface area contributed by atoms with Gasteiger partial charge in [0, 0.05) is 17.9 Å². The topological polar surface area (TPSA) is 52.6 Å². The first kappa shape index (κ1) is 15.5. The van der Waals surface area contributed by atoms with Crippen LogP contribution in [0.1, 0.15) is 33.1 Å². The van der Waals surface area contributed by atoms with Crippen LogP contribution >= 0.6 is 0 Å². The number of carbonyl (C=O) groups is 2. The van der Waals surface area contributed by atoms with E-state index in [4.69, 9.17) is 9.47 Å². The third-order valence-electron chi connectivity index (χ3n) is 4.20. The Morgan fingerprint density at radius 1 is 1.38 bits per heavy atom. The molecule has 0 N–H and O–H groups in total. The number of hydrogen-bond donors (Lipinski definition) is 0. The molecule has 2 rings (SSSR count). The molecule has 0 amide bonds. The lowest BCUT2D eigenvalue weighted by Crippen LogP contribution is -2.31. The van der Waals surface area contributed by atoms with Gasteiger partial charge in [-0.05, 0) is 26.7 Å². The number of methoxy groups -OCH3 is 1. The standard InChI is InChI=1S/C17H22O4/c1-10-6-5-7-11(2)9-14-15(12(3)16(18)21-14)13(8-10)17(19)20-4/h7-8,13-15H,3,5-6,9H2,1-2,4H3/b10-8+,11-7+/t13-,14-,15-/m0/s1. The lowest BCUT2D eigenvalue weighted by molar-refractivity contribution is -0.147. The molecule has 0 bridgehead atoms. The molecule has 1 saturated heterocycles. The van der Waals surface area contributed by atoms with Crippen LogP contribution in [0.5, 0.6) is 0 Å². The van der Waals surface area contributed by atoms with Crippen molar-refractivity contribution in [2.24, 2.45) is 11.8 Å². The molecular formula is C17H22O4. The minimum absolute atomic E-state index is 0.340. The van der Waals surface area contributed by atoms with Gasteiger partial charge in [-0.3, -0.25) is 4.79 Å². The molecular weight excluding hydrogens is 268 g/mol. The average Bonchev–Trinajstić information content (AvgIpc) is 2.70. The van der Waals surface area contributed by atoms with E-state index < -0.39 is 11.9 Å². The van der Waals surface area contributed by atoms with E-state index >= 15 is 0 Å². The Morgan fingerprint density at radius 2 is 2.10 bits per heavy atom. The molecule has 1 fully saturated rings. The lowest BCUT2D eigenvalue weighted by Gasteiger charge is -2.24. The number of esters is 2. The normalized spacial score (nSPS) is 34.9. The Kier molecular flexibility index (Phi) is 4.66. The number of allylic oxidation sites excluding steroid dienone is 2. The van der Waals surface area contributed by atoms with Crippen LogP contribution in [-0.4, -0.2) is 25.2 Å². The molecule has 0 unspecified atom stereocenters. The maximum atomic E-state index is 12.2. The summed E-state index contributed by atoms with van der Waals surface area (Å²) in [7, 11) is 1.37. The van der Waals surface area contributed by atoms with E-state index in [1.54, 1.807) is 0 Å². The molecule has 3 atom stereocenters. The van der Waals surface area contributed by atoms with Crippen LogP contribution in [0.2, 0.25) is 0 Å². The summed E-state index contributed by atoms with van der Waals surface area (Å²) >= 11 is 0. The molecule has 1 aliphatic heterocycles. The smallest absolute Gasteiger partial charge is 0.334 e. The van der Waals surface area contributed by atoms with Gasteiger partial charge in [0.2, 0.25) is 0 Å². The van der Waals surface area contributed by atoms with E-state index in [1.165, 1.54) is 12.7 Å². The second-order valence-electron chi connectivity index (χ2n) is 5.85. The van der Waals surface area contributed by atoms with Gasteiger partial charge in [-0.2, -0.15) is 0 Å². The molecule has 2 aliphatic rings. The van der Waals surface area contributed by atoms with E-state index in [0.717, 1.165) is 18.4 Å². The molecule has 4 nitrogen and oxygen atoms in total. The Labute approximate surface area is 125 Å². The number of carbonyl (C=O) groups excluding carboxylic acids is 2. The first-order valence-electron chi connectivity index (χ1n) is 7.24. The van der Waals surface area contributed by atoms with Crippen molar-refractivity contribution >= 4 is 11.9 Å². The molecule has 21 heavy (non-hydrogen) atoms. The van der Waals surface area contributed by atoms with Crippen molar-refractivity contribution in [2.75, 3.05) is 7.11 Å². The summed E-state index contributed by atoms with van der Waals surface area (Å²) in [5, 5.41) is 0. The second kappa shape index (κ2) is 6.29. The molecule has 0 aromatic rings. The quantitative estimate of drug-likeness (QED) is 0.423. The molecule has 0 aromatic heterocycles. The monoisotopic (exact) mass is 290 g/mol. The summed E-state index contributed by atoms with van der Waals surface area (Å²) in [5.41, 5.74) is 2.65. The van der Waals surface area contributed by atoms with Gasteiger partial charge in [0.15, 0.2) is 0 Å². The Balaban J connectivity index is 2.44. The summed E-state index contributed by atoms with van der Waals surface area (Å²) in [6.45, 7) is 7.86. The molecule has 0 aromatic carbocycles. The van der Waals surface area contributed by atoms with Gasteiger partial charge in [-0.1, -0.05) is 29.9 Å². The molecule has 1 heterocycles. The summed E-state index contributed by atoms with van der Waals surface area (Å²) in [6.07, 6.45) is 6.19. The fourth-order valence-electron chi connectivity index (χ4n) is 3.05. The highest BCUT2D eigenvalue weighted by molar-refractivity contribution is 5.92. The average molecular weight is 290 g/mol. The number of ether oxygens (including phenoxy) is 2. The van der Waals surface area contributed by atoms with Crippen molar-refractivity contribution in [1.82, 2.24) is 0 Å². The minimum Gasteiger partial charge on any atom is -0.469 e. The van der Waals surface area contributed by atoms with Gasteiger partial charge in [0.1, 0.15) is 6.10 Å². The zero-order valence-electron chi connectivity index (χ0n) is 12.8. The first-order valence-corrected chi connectivity index (χ1v) is 7.24. The predicted molar refractivity (Wildman–Crippen MR) is 79.4 cm³/mol. The largest absolute Gasteiger partial charge is 0.469 e. The fourth-order valence-corrected chi connectivity index (χ4v) is 3.05. The Bertz CT molecular complexity index is 527. The zero-order valence-corrected chi connectivity index (χ0v) is 12.8. The van der Waals surface area contributed by atoms with Crippen molar-refractivity contribution in [2.45, 2.75) is 39.2 Å². The number of rotatable bonds is 1. The van der Waals surface area contributed by atoms with Crippen LogP contribution in [-0.2, 0) is 19.1 Å². The predicted octanol–water partition coefficient (Wildman–Crippen LogP) is 2.95. The minimum atomic E-state index is -0.509. The fraction of sp³-hybridized carbons (Fsp3) is 0.529. The molecule has 0 radical (unpaired) electrons. The highest BCUT2D eigenvalue weighted by Crippen LogP contribution is 2.38. The highest BCUT2D eigenvalue weighted by Gasteiger charge is 2.45. The van der Waals surface area contributed by atoms with E-state index in [2.05, 4.69) is 12.7 Å². The van der Waals surface area contributed by atoms with E-state index in [-0.39, 0.29) is 18.0 Å². The van der Waals surface area contributed by atoms with Crippen LogP contribution in [0.15, 0.2) is 35.5 Å². The Hall–Kier alpha value is -1.84. The number of hydrogen-bond acceptors (Lipinski definition) is 4. The zero-order chi connectivity index (χ0) is 15.6. The van der Waals surface area contributed by atoms with Gasteiger partial charge < -0.3 is 9.47 Å². The molecule has 1 aliphatic carbocycles. The molecule has 0 saturated carbocycles. The summed E-state index contributed by atoms with van der Waals surface area (Å²) in [6, 6.07) is 0. The maximum Gasteiger partial charge on any atom is 0.334 e. The SMILES string of the molecule is C=C1C(=O)O[C@H]2C/C(C)=C/CC/C(C)=C/[C@H](C(=O)OC)[C@H]12. The van der Waals surface area contributed by atoms with E-state index in [0.29, 0.717) is 12.0 Å². The second-order valence-corrected chi connectivity index (χ2v) is 5.85. The molecule has 4 heteroatoms. The van der Waals surface area contributed by atoms with Gasteiger partial charge in [0.25, 0.3) is 0 Å². The van der Waals surface area contributed by atoms with Crippen molar-refractivity contribution in [3.8, 4) is 0 Å². The van der Waals surface area contributed by atoms with Crippen LogP contribution < -0.4 is 0 Å². The highest BCUT2D eigenvalue weighted by atomic mass is 16.6. The third-order valence-corrected chi connectivity index (χ3v) is 4.20. The van der Waals surface area contributed by atoms with Crippen molar-refractivity contribution < 1.29 is 19.1 Å². The van der Waals surface area contributed by atoms with Crippen molar-refractivity contribution in [3.05, 3.63) is 35.5 Å². The summed E-state index contributed by atoms with van der Waals surface area (Å²) < 4.78 is 10.3. The van der Waals surface area contributed by atoms with Crippen LogP contribution in [0.4, 0.5) is 0 Å². The van der Waals surface area contributed by atoms with Crippen molar-refractivity contribution in [1.29, 1.82) is 0 Å². The third kappa shape index (κ3) is 3.26. The lowest BCUT2D eigenvalue weighted by atomic mass is 9.80. The van der Waals surface area contributed by atoms with E-state index in [1.807, 2.05) is 19.9 Å². The van der Waals surface area contributed by atoms with Crippen molar-refractivity contribution in [3.63, 3.8) is 0 Å². The number of fused-ring (bicyclic) bond motifs is 1. The summed E-state index contributed by atoms with van der Waals surface area (Å²) in [4.78, 5) is 24.0. The summed E-state index contributed by atoms with van der Waals surface area (Å²) in [5.74, 6) is -1.60. The maximum absolute atomic E-state index is 12.2. The van der Waals surface area contributed by atoms with Crippen LogP contribution in [0.25, 0.3) is 0 Å². The first-order chi connectivity index (χ1) is 9.93. The van der Waals surface area contributed by atoms with Gasteiger partial charge in [-0.15, -0.1) is 0 Å². The van der Waals surface area contributed by atoms with Gasteiger partial charge in [-0.25, -0.2) is 4.79 Å². The molecule has 114 valence electrons.